The first-order chi connectivity index (χ1) is 18.6. The normalized spacial score (nSPS) is 14.1. The molecule has 208 valence electrons. The lowest BCUT2D eigenvalue weighted by Crippen LogP contribution is -2.58. The second kappa shape index (κ2) is 13.4. The van der Waals surface area contributed by atoms with Crippen molar-refractivity contribution in [3.05, 3.63) is 54.2 Å². The molecule has 0 fully saturated rings. The summed E-state index contributed by atoms with van der Waals surface area (Å²) in [7, 11) is 0. The zero-order valence-corrected chi connectivity index (χ0v) is 21.5. The molecular weight excluding hydrogens is 530 g/mol. The number of aromatic nitrogens is 3. The molecule has 0 aliphatic heterocycles. The fourth-order valence-corrected chi connectivity index (χ4v) is 4.10. The number of carbonyl (C=O) groups is 5. The predicted octanol–water partition coefficient (Wildman–Crippen LogP) is -1.05. The van der Waals surface area contributed by atoms with Crippen LogP contribution in [0.4, 0.5) is 0 Å². The van der Waals surface area contributed by atoms with Gasteiger partial charge >= 0.3 is 11.9 Å². The molecule has 9 N–H and O–H groups in total. The summed E-state index contributed by atoms with van der Waals surface area (Å²) in [4.78, 5) is 70.8. The Bertz CT molecular complexity index is 1330. The summed E-state index contributed by atoms with van der Waals surface area (Å²) >= 11 is 4.05. The summed E-state index contributed by atoms with van der Waals surface area (Å²) in [6.45, 7) is 0. The largest absolute Gasteiger partial charge is 0.481 e. The van der Waals surface area contributed by atoms with Gasteiger partial charge in [-0.2, -0.15) is 12.6 Å². The monoisotopic (exact) mass is 559 g/mol. The zero-order chi connectivity index (χ0) is 28.5. The summed E-state index contributed by atoms with van der Waals surface area (Å²) in [5.41, 5.74) is 8.39. The predicted molar refractivity (Wildman–Crippen MR) is 142 cm³/mol. The number of carboxylic acid groups (broad SMARTS) is 2. The van der Waals surface area contributed by atoms with Crippen LogP contribution in [0.1, 0.15) is 17.7 Å². The van der Waals surface area contributed by atoms with E-state index in [0.717, 1.165) is 16.5 Å². The van der Waals surface area contributed by atoms with Crippen LogP contribution in [-0.2, 0) is 36.8 Å². The summed E-state index contributed by atoms with van der Waals surface area (Å²) in [5.74, 6) is -5.55. The van der Waals surface area contributed by atoms with Crippen molar-refractivity contribution in [2.24, 2.45) is 5.73 Å². The number of amides is 3. The maximum atomic E-state index is 13.2. The molecule has 0 aliphatic carbocycles. The van der Waals surface area contributed by atoms with Crippen LogP contribution in [0.15, 0.2) is 43.0 Å². The van der Waals surface area contributed by atoms with Crippen molar-refractivity contribution in [2.75, 3.05) is 5.75 Å². The molecule has 2 heterocycles. The number of nitrogens with two attached hydrogens (primary N) is 1. The first-order valence-electron chi connectivity index (χ1n) is 11.8. The summed E-state index contributed by atoms with van der Waals surface area (Å²) in [5, 5.41) is 26.1. The highest BCUT2D eigenvalue weighted by Crippen LogP contribution is 2.18. The van der Waals surface area contributed by atoms with E-state index < -0.39 is 60.2 Å². The van der Waals surface area contributed by atoms with Gasteiger partial charge in [0.1, 0.15) is 18.1 Å². The third kappa shape index (κ3) is 8.05. The molecule has 2 aromatic heterocycles. The van der Waals surface area contributed by atoms with Crippen molar-refractivity contribution in [1.29, 1.82) is 0 Å². The Morgan fingerprint density at radius 2 is 1.59 bits per heavy atom. The van der Waals surface area contributed by atoms with E-state index in [9.17, 15) is 29.1 Å². The smallest absolute Gasteiger partial charge is 0.326 e. The van der Waals surface area contributed by atoms with Gasteiger partial charge in [-0.15, -0.1) is 0 Å². The SMILES string of the molecule is NC(Cc1c[nH]c2ccccc12)C(=O)NC(Cc1cnc[nH]1)C(=O)NC(CS)C(=O)NC(CC(=O)O)C(=O)O. The summed E-state index contributed by atoms with van der Waals surface area (Å²) in [6, 6.07) is 2.31. The fraction of sp³-hybridized carbons (Fsp3) is 0.333. The van der Waals surface area contributed by atoms with Crippen molar-refractivity contribution in [3.8, 4) is 0 Å². The minimum Gasteiger partial charge on any atom is -0.481 e. The van der Waals surface area contributed by atoms with E-state index >= 15 is 0 Å². The van der Waals surface area contributed by atoms with Crippen LogP contribution in [0, 0.1) is 0 Å². The van der Waals surface area contributed by atoms with E-state index in [0.29, 0.717) is 5.69 Å². The number of H-pyrrole nitrogens is 2. The van der Waals surface area contributed by atoms with Gasteiger partial charge in [-0.05, 0) is 18.1 Å². The number of rotatable bonds is 14. The maximum Gasteiger partial charge on any atom is 0.326 e. The molecule has 14 nitrogen and oxygen atoms in total. The number of nitrogens with one attached hydrogen (secondary N) is 5. The molecule has 15 heteroatoms. The highest BCUT2D eigenvalue weighted by atomic mass is 32.1. The molecule has 3 rings (SSSR count). The Morgan fingerprint density at radius 1 is 0.923 bits per heavy atom. The topological polar surface area (TPSA) is 232 Å². The highest BCUT2D eigenvalue weighted by molar-refractivity contribution is 7.80. The minimum absolute atomic E-state index is 0.0188. The number of para-hydroxylation sites is 1. The summed E-state index contributed by atoms with van der Waals surface area (Å²) < 4.78 is 0. The number of nitrogens with zero attached hydrogens (tertiary/aromatic N) is 1. The molecule has 4 atom stereocenters. The van der Waals surface area contributed by atoms with Crippen LogP contribution in [0.3, 0.4) is 0 Å². The molecule has 0 radical (unpaired) electrons. The third-order valence-corrected chi connectivity index (χ3v) is 6.24. The average molecular weight is 560 g/mol. The van der Waals surface area contributed by atoms with Crippen molar-refractivity contribution >= 4 is 53.2 Å². The van der Waals surface area contributed by atoms with E-state index in [-0.39, 0.29) is 18.6 Å². The number of benzene rings is 1. The van der Waals surface area contributed by atoms with Crippen LogP contribution >= 0.6 is 12.6 Å². The molecular formula is C24H29N7O7S. The molecule has 0 saturated carbocycles. The van der Waals surface area contributed by atoms with E-state index in [2.05, 4.69) is 43.5 Å². The van der Waals surface area contributed by atoms with Crippen LogP contribution in [-0.4, -0.2) is 84.7 Å². The zero-order valence-electron chi connectivity index (χ0n) is 20.6. The minimum atomic E-state index is -1.71. The number of hydrogen-bond donors (Lipinski definition) is 9. The molecule has 3 aromatic rings. The fourth-order valence-electron chi connectivity index (χ4n) is 3.85. The Balaban J connectivity index is 1.70. The molecule has 0 saturated heterocycles. The van der Waals surface area contributed by atoms with Gasteiger partial charge in [-0.1, -0.05) is 18.2 Å². The number of aliphatic carboxylic acids is 2. The second-order valence-corrected chi connectivity index (χ2v) is 9.12. The molecule has 0 spiro atoms. The second-order valence-electron chi connectivity index (χ2n) is 8.75. The van der Waals surface area contributed by atoms with Crippen molar-refractivity contribution in [2.45, 2.75) is 43.4 Å². The standard InChI is InChI=1S/C24H29N7O7S/c25-15(5-12-8-27-16-4-2-1-3-14(12)16)21(34)29-17(6-13-9-26-11-28-13)22(35)31-19(10-39)23(36)30-18(24(37)38)7-20(32)33/h1-4,8-9,11,15,17-19,27,39H,5-7,10,25H2,(H,26,28)(H,29,34)(H,30,36)(H,31,35)(H,32,33)(H,37,38). The van der Waals surface area contributed by atoms with Crippen molar-refractivity contribution < 1.29 is 34.2 Å². The Hall–Kier alpha value is -4.37. The van der Waals surface area contributed by atoms with Gasteiger partial charge in [0.25, 0.3) is 0 Å². The number of fused-ring (bicyclic) bond motifs is 1. The summed E-state index contributed by atoms with van der Waals surface area (Å²) in [6.07, 6.45) is 3.93. The molecule has 4 unspecified atom stereocenters. The van der Waals surface area contributed by atoms with Crippen LogP contribution in [0.25, 0.3) is 10.9 Å². The lowest BCUT2D eigenvalue weighted by molar-refractivity contribution is -0.147. The molecule has 0 aliphatic rings. The van der Waals surface area contributed by atoms with E-state index in [1.165, 1.54) is 12.5 Å². The van der Waals surface area contributed by atoms with Crippen LogP contribution in [0.2, 0.25) is 0 Å². The Morgan fingerprint density at radius 3 is 2.23 bits per heavy atom. The van der Waals surface area contributed by atoms with Gasteiger partial charge in [-0.25, -0.2) is 9.78 Å². The Labute approximate surface area is 227 Å². The first-order valence-corrected chi connectivity index (χ1v) is 12.5. The highest BCUT2D eigenvalue weighted by Gasteiger charge is 2.31. The lowest BCUT2D eigenvalue weighted by Gasteiger charge is -2.24. The number of carboxylic acids is 2. The van der Waals surface area contributed by atoms with E-state index in [4.69, 9.17) is 10.8 Å². The van der Waals surface area contributed by atoms with Gasteiger partial charge in [-0.3, -0.25) is 19.2 Å². The molecule has 1 aromatic carbocycles. The van der Waals surface area contributed by atoms with Gasteiger partial charge in [0.2, 0.25) is 17.7 Å². The van der Waals surface area contributed by atoms with Crippen molar-refractivity contribution in [3.63, 3.8) is 0 Å². The van der Waals surface area contributed by atoms with Crippen LogP contribution < -0.4 is 21.7 Å². The van der Waals surface area contributed by atoms with E-state index in [1.807, 2.05) is 24.3 Å². The molecule has 0 bridgehead atoms. The van der Waals surface area contributed by atoms with Gasteiger partial charge in [0, 0.05) is 41.2 Å². The number of imidazole rings is 1. The number of hydrogen-bond acceptors (Lipinski definition) is 8. The Kier molecular flexibility index (Phi) is 10.1. The number of carbonyl (C=O) groups excluding carboxylic acids is 3. The first kappa shape index (κ1) is 29.2. The molecule has 3 amide bonds. The quantitative estimate of drug-likeness (QED) is 0.109. The number of thiol groups is 1. The lowest BCUT2D eigenvalue weighted by atomic mass is 10.0. The van der Waals surface area contributed by atoms with Gasteiger partial charge in [0.05, 0.1) is 18.8 Å². The maximum absolute atomic E-state index is 13.2. The van der Waals surface area contributed by atoms with E-state index in [1.54, 1.807) is 6.20 Å². The van der Waals surface area contributed by atoms with Gasteiger partial charge in [0.15, 0.2) is 0 Å². The average Bonchev–Trinajstić information content (AvgIpc) is 3.56. The van der Waals surface area contributed by atoms with Crippen molar-refractivity contribution in [1.82, 2.24) is 30.9 Å². The third-order valence-electron chi connectivity index (χ3n) is 5.87. The van der Waals surface area contributed by atoms with Crippen LogP contribution in [0.5, 0.6) is 0 Å². The van der Waals surface area contributed by atoms with Gasteiger partial charge < -0.3 is 41.9 Å². The molecule has 39 heavy (non-hydrogen) atoms. The number of aromatic amines is 2.